The minimum atomic E-state index is -0.784. The third-order valence-electron chi connectivity index (χ3n) is 3.45. The second kappa shape index (κ2) is 8.62. The van der Waals surface area contributed by atoms with Gasteiger partial charge in [-0.1, -0.05) is 12.1 Å². The Labute approximate surface area is 144 Å². The van der Waals surface area contributed by atoms with Crippen LogP contribution in [0.2, 0.25) is 0 Å². The molecule has 0 saturated heterocycles. The van der Waals surface area contributed by atoms with E-state index in [-0.39, 0.29) is 24.4 Å². The van der Waals surface area contributed by atoms with Crippen LogP contribution in [0.25, 0.3) is 0 Å². The standard InChI is InChI=1S/C17H19N3O5/c1-3-25-17(21)14(10-12-8-9-18-16(11-12)24-2)19-13-6-4-5-7-15(13)20(22)23/h4-9,11,14,19H,3,10H2,1-2H3. The summed E-state index contributed by atoms with van der Waals surface area (Å²) < 4.78 is 10.2. The zero-order valence-electron chi connectivity index (χ0n) is 14.0. The Bertz CT molecular complexity index is 751. The zero-order chi connectivity index (χ0) is 18.2. The van der Waals surface area contributed by atoms with E-state index in [1.54, 1.807) is 43.5 Å². The van der Waals surface area contributed by atoms with Crippen molar-refractivity contribution in [2.45, 2.75) is 19.4 Å². The van der Waals surface area contributed by atoms with Gasteiger partial charge in [0.05, 0.1) is 18.6 Å². The Morgan fingerprint density at radius 1 is 1.36 bits per heavy atom. The first-order valence-electron chi connectivity index (χ1n) is 7.70. The number of hydrogen-bond donors (Lipinski definition) is 1. The molecule has 0 radical (unpaired) electrons. The molecule has 0 bridgehead atoms. The van der Waals surface area contributed by atoms with E-state index in [1.807, 2.05) is 0 Å². The number of nitrogens with one attached hydrogen (secondary N) is 1. The van der Waals surface area contributed by atoms with Crippen molar-refractivity contribution in [3.05, 3.63) is 58.3 Å². The van der Waals surface area contributed by atoms with E-state index >= 15 is 0 Å². The quantitative estimate of drug-likeness (QED) is 0.445. The van der Waals surface area contributed by atoms with Crippen LogP contribution in [0, 0.1) is 10.1 Å². The van der Waals surface area contributed by atoms with Gasteiger partial charge in [-0.25, -0.2) is 9.78 Å². The molecule has 1 N–H and O–H groups in total. The normalized spacial score (nSPS) is 11.4. The van der Waals surface area contributed by atoms with E-state index in [1.165, 1.54) is 13.2 Å². The predicted octanol–water partition coefficient (Wildman–Crippen LogP) is 2.58. The summed E-state index contributed by atoms with van der Waals surface area (Å²) in [6.45, 7) is 1.92. The van der Waals surface area contributed by atoms with Gasteiger partial charge in [0.25, 0.3) is 5.69 Å². The number of carbonyl (C=O) groups is 1. The maximum Gasteiger partial charge on any atom is 0.328 e. The van der Waals surface area contributed by atoms with Gasteiger partial charge in [0.15, 0.2) is 0 Å². The van der Waals surface area contributed by atoms with Gasteiger partial charge in [-0.05, 0) is 24.6 Å². The van der Waals surface area contributed by atoms with Crippen molar-refractivity contribution < 1.29 is 19.2 Å². The average molecular weight is 345 g/mol. The van der Waals surface area contributed by atoms with Crippen LogP contribution in [0.15, 0.2) is 42.6 Å². The SMILES string of the molecule is CCOC(=O)C(Cc1ccnc(OC)c1)Nc1ccccc1[N+](=O)[O-]. The van der Waals surface area contributed by atoms with Crippen LogP contribution in [0.4, 0.5) is 11.4 Å². The first kappa shape index (κ1) is 18.2. The van der Waals surface area contributed by atoms with Crippen molar-refractivity contribution in [1.82, 2.24) is 4.98 Å². The van der Waals surface area contributed by atoms with E-state index in [2.05, 4.69) is 10.3 Å². The first-order valence-corrected chi connectivity index (χ1v) is 7.70. The summed E-state index contributed by atoms with van der Waals surface area (Å²) in [5.41, 5.74) is 0.937. The highest BCUT2D eigenvalue weighted by Crippen LogP contribution is 2.25. The van der Waals surface area contributed by atoms with Crippen LogP contribution in [-0.2, 0) is 16.0 Å². The van der Waals surface area contributed by atoms with Crippen LogP contribution >= 0.6 is 0 Å². The summed E-state index contributed by atoms with van der Waals surface area (Å²) in [6.07, 6.45) is 1.84. The van der Waals surface area contributed by atoms with Gasteiger partial charge in [0, 0.05) is 24.8 Å². The molecule has 2 aromatic rings. The molecule has 0 spiro atoms. The van der Waals surface area contributed by atoms with Gasteiger partial charge in [-0.2, -0.15) is 0 Å². The Balaban J connectivity index is 2.27. The number of carbonyl (C=O) groups excluding carboxylic acids is 1. The highest BCUT2D eigenvalue weighted by molar-refractivity contribution is 5.81. The molecule has 0 aliphatic rings. The maximum absolute atomic E-state index is 12.3. The molecule has 2 rings (SSSR count). The van der Waals surface area contributed by atoms with Crippen molar-refractivity contribution in [2.24, 2.45) is 0 Å². The van der Waals surface area contributed by atoms with E-state index in [0.29, 0.717) is 5.88 Å². The second-order valence-electron chi connectivity index (χ2n) is 5.13. The largest absolute Gasteiger partial charge is 0.481 e. The predicted molar refractivity (Wildman–Crippen MR) is 91.6 cm³/mol. The van der Waals surface area contributed by atoms with Crippen LogP contribution < -0.4 is 10.1 Å². The molecule has 1 aromatic carbocycles. The fourth-order valence-electron chi connectivity index (χ4n) is 2.30. The molecule has 0 amide bonds. The Morgan fingerprint density at radius 2 is 2.12 bits per heavy atom. The minimum Gasteiger partial charge on any atom is -0.481 e. The minimum absolute atomic E-state index is 0.107. The summed E-state index contributed by atoms with van der Waals surface area (Å²) in [7, 11) is 1.50. The highest BCUT2D eigenvalue weighted by Gasteiger charge is 2.24. The van der Waals surface area contributed by atoms with Gasteiger partial charge >= 0.3 is 5.97 Å². The lowest BCUT2D eigenvalue weighted by atomic mass is 10.1. The molecule has 25 heavy (non-hydrogen) atoms. The number of esters is 1. The Hall–Kier alpha value is -3.16. The van der Waals surface area contributed by atoms with Crippen LogP contribution in [0.5, 0.6) is 5.88 Å². The summed E-state index contributed by atoms with van der Waals surface area (Å²) in [5, 5.41) is 14.1. The van der Waals surface area contributed by atoms with Gasteiger partial charge in [-0.15, -0.1) is 0 Å². The monoisotopic (exact) mass is 345 g/mol. The Kier molecular flexibility index (Phi) is 6.27. The summed E-state index contributed by atoms with van der Waals surface area (Å²) in [4.78, 5) is 27.0. The smallest absolute Gasteiger partial charge is 0.328 e. The van der Waals surface area contributed by atoms with Gasteiger partial charge in [0.2, 0.25) is 5.88 Å². The first-order chi connectivity index (χ1) is 12.0. The summed E-state index contributed by atoms with van der Waals surface area (Å²) in [5.74, 6) is -0.0674. The molecule has 132 valence electrons. The number of ether oxygens (including phenoxy) is 2. The lowest BCUT2D eigenvalue weighted by molar-refractivity contribution is -0.384. The number of pyridine rings is 1. The number of benzene rings is 1. The molecule has 8 nitrogen and oxygen atoms in total. The van der Waals surface area contributed by atoms with E-state index < -0.39 is 16.9 Å². The number of anilines is 1. The number of nitro benzene ring substituents is 1. The van der Waals surface area contributed by atoms with Gasteiger partial charge in [0.1, 0.15) is 11.7 Å². The van der Waals surface area contributed by atoms with Crippen molar-refractivity contribution in [3.8, 4) is 5.88 Å². The maximum atomic E-state index is 12.3. The van der Waals surface area contributed by atoms with E-state index in [9.17, 15) is 14.9 Å². The molecule has 1 unspecified atom stereocenters. The Morgan fingerprint density at radius 3 is 2.80 bits per heavy atom. The fourth-order valence-corrected chi connectivity index (χ4v) is 2.30. The van der Waals surface area contributed by atoms with Crippen molar-refractivity contribution in [1.29, 1.82) is 0 Å². The van der Waals surface area contributed by atoms with Crippen LogP contribution in [-0.4, -0.2) is 35.6 Å². The average Bonchev–Trinajstić information content (AvgIpc) is 2.61. The molecule has 1 heterocycles. The van der Waals surface area contributed by atoms with Crippen molar-refractivity contribution in [2.75, 3.05) is 19.0 Å². The second-order valence-corrected chi connectivity index (χ2v) is 5.13. The topological polar surface area (TPSA) is 104 Å². The molecular weight excluding hydrogens is 326 g/mol. The lowest BCUT2D eigenvalue weighted by Crippen LogP contribution is -2.33. The zero-order valence-corrected chi connectivity index (χ0v) is 14.0. The number of aromatic nitrogens is 1. The van der Waals surface area contributed by atoms with E-state index in [4.69, 9.17) is 9.47 Å². The molecule has 0 fully saturated rings. The number of hydrogen-bond acceptors (Lipinski definition) is 7. The number of rotatable bonds is 8. The molecule has 1 aromatic heterocycles. The molecule has 8 heteroatoms. The number of nitro groups is 1. The summed E-state index contributed by atoms with van der Waals surface area (Å²) >= 11 is 0. The molecular formula is C17H19N3O5. The molecule has 1 atom stereocenters. The number of para-hydroxylation sites is 2. The van der Waals surface area contributed by atoms with Gasteiger partial charge < -0.3 is 14.8 Å². The van der Waals surface area contributed by atoms with Crippen LogP contribution in [0.3, 0.4) is 0 Å². The third kappa shape index (κ3) is 4.90. The molecule has 0 saturated carbocycles. The lowest BCUT2D eigenvalue weighted by Gasteiger charge is -2.18. The van der Waals surface area contributed by atoms with Gasteiger partial charge in [-0.3, -0.25) is 10.1 Å². The third-order valence-corrected chi connectivity index (χ3v) is 3.45. The fraction of sp³-hybridized carbons (Fsp3) is 0.294. The highest BCUT2D eigenvalue weighted by atomic mass is 16.6. The summed E-state index contributed by atoms with van der Waals surface area (Å²) in [6, 6.07) is 8.82. The van der Waals surface area contributed by atoms with E-state index in [0.717, 1.165) is 5.56 Å². The van der Waals surface area contributed by atoms with Crippen molar-refractivity contribution >= 4 is 17.3 Å². The molecule has 0 aliphatic carbocycles. The number of nitrogens with zero attached hydrogens (tertiary/aromatic N) is 2. The number of methoxy groups -OCH3 is 1. The van der Waals surface area contributed by atoms with Crippen molar-refractivity contribution in [3.63, 3.8) is 0 Å². The molecule has 0 aliphatic heterocycles. The van der Waals surface area contributed by atoms with Crippen LogP contribution in [0.1, 0.15) is 12.5 Å².